The summed E-state index contributed by atoms with van der Waals surface area (Å²) >= 11 is 0. The van der Waals surface area contributed by atoms with Gasteiger partial charge in [0.25, 0.3) is 0 Å². The van der Waals surface area contributed by atoms with Gasteiger partial charge in [0.1, 0.15) is 6.04 Å². The topological polar surface area (TPSA) is 116 Å². The van der Waals surface area contributed by atoms with Crippen molar-refractivity contribution >= 4 is 11.7 Å². The smallest absolute Gasteiger partial charge is 0.322 e. The van der Waals surface area contributed by atoms with E-state index in [4.69, 9.17) is 5.73 Å². The fourth-order valence-corrected chi connectivity index (χ4v) is 1.33. The van der Waals surface area contributed by atoms with E-state index in [1.807, 2.05) is 0 Å². The number of methoxy groups -OCH3 is 1. The maximum atomic E-state index is 11.1. The van der Waals surface area contributed by atoms with Crippen LogP contribution in [-0.4, -0.2) is 29.2 Å². The van der Waals surface area contributed by atoms with Crippen molar-refractivity contribution in [1.82, 2.24) is 0 Å². The van der Waals surface area contributed by atoms with E-state index in [1.54, 1.807) is 0 Å². The van der Waals surface area contributed by atoms with Gasteiger partial charge in [0.05, 0.1) is 12.0 Å². The Morgan fingerprint density at radius 2 is 2.29 bits per heavy atom. The van der Waals surface area contributed by atoms with Crippen LogP contribution >= 0.6 is 0 Å². The Labute approximate surface area is 97.0 Å². The molecule has 0 unspecified atom stereocenters. The van der Waals surface area contributed by atoms with Crippen LogP contribution in [0.25, 0.3) is 0 Å². The van der Waals surface area contributed by atoms with E-state index in [9.17, 15) is 20.0 Å². The van der Waals surface area contributed by atoms with Gasteiger partial charge in [-0.3, -0.25) is 14.9 Å². The molecule has 7 heteroatoms. The zero-order valence-corrected chi connectivity index (χ0v) is 9.12. The van der Waals surface area contributed by atoms with E-state index in [-0.39, 0.29) is 6.42 Å². The van der Waals surface area contributed by atoms with Gasteiger partial charge in [-0.1, -0.05) is 6.07 Å². The molecule has 0 heterocycles. The number of aromatic hydroxyl groups is 1. The Kier molecular flexibility index (Phi) is 4.00. The maximum Gasteiger partial charge on any atom is 0.322 e. The largest absolute Gasteiger partial charge is 0.502 e. The molecule has 0 spiro atoms. The number of nitrogens with zero attached hydrogens (tertiary/aromatic N) is 1. The number of nitro benzene ring substituents is 1. The molecule has 0 amide bonds. The first-order valence-corrected chi connectivity index (χ1v) is 4.75. The van der Waals surface area contributed by atoms with Crippen molar-refractivity contribution in [3.8, 4) is 5.75 Å². The van der Waals surface area contributed by atoms with Crippen molar-refractivity contribution in [2.45, 2.75) is 12.5 Å². The van der Waals surface area contributed by atoms with E-state index in [0.717, 1.165) is 0 Å². The van der Waals surface area contributed by atoms with Gasteiger partial charge in [-0.2, -0.15) is 0 Å². The van der Waals surface area contributed by atoms with E-state index < -0.39 is 28.4 Å². The summed E-state index contributed by atoms with van der Waals surface area (Å²) in [7, 11) is 1.21. The van der Waals surface area contributed by atoms with Gasteiger partial charge in [-0.15, -0.1) is 0 Å². The van der Waals surface area contributed by atoms with Crippen LogP contribution < -0.4 is 5.73 Å². The molecule has 0 saturated heterocycles. The van der Waals surface area contributed by atoms with E-state index >= 15 is 0 Å². The fourth-order valence-electron chi connectivity index (χ4n) is 1.33. The Morgan fingerprint density at radius 3 is 2.82 bits per heavy atom. The normalized spacial score (nSPS) is 11.9. The number of hydrogen-bond acceptors (Lipinski definition) is 6. The monoisotopic (exact) mass is 240 g/mol. The summed E-state index contributed by atoms with van der Waals surface area (Å²) in [5.74, 6) is -1.02. The first-order valence-electron chi connectivity index (χ1n) is 4.75. The number of ether oxygens (including phenoxy) is 1. The quantitative estimate of drug-likeness (QED) is 0.445. The fraction of sp³-hybridized carbons (Fsp3) is 0.300. The average molecular weight is 240 g/mol. The molecule has 0 radical (unpaired) electrons. The highest BCUT2D eigenvalue weighted by Crippen LogP contribution is 2.26. The second-order valence-electron chi connectivity index (χ2n) is 3.41. The molecular weight excluding hydrogens is 228 g/mol. The van der Waals surface area contributed by atoms with E-state index in [1.165, 1.54) is 25.3 Å². The average Bonchev–Trinajstić information content (AvgIpc) is 2.30. The van der Waals surface area contributed by atoms with Gasteiger partial charge in [-0.05, 0) is 18.1 Å². The SMILES string of the molecule is COC(=O)[C@H](N)Cc1ccc(O)c([N+](=O)[O-])c1. The zero-order valence-electron chi connectivity index (χ0n) is 9.12. The first kappa shape index (κ1) is 12.9. The molecule has 17 heavy (non-hydrogen) atoms. The molecule has 7 nitrogen and oxygen atoms in total. The summed E-state index contributed by atoms with van der Waals surface area (Å²) in [4.78, 5) is 20.9. The summed E-state index contributed by atoms with van der Waals surface area (Å²) < 4.78 is 4.44. The summed E-state index contributed by atoms with van der Waals surface area (Å²) in [5, 5.41) is 19.8. The molecule has 92 valence electrons. The highest BCUT2D eigenvalue weighted by Gasteiger charge is 2.18. The van der Waals surface area contributed by atoms with Gasteiger partial charge in [0, 0.05) is 6.07 Å². The number of benzene rings is 1. The molecule has 1 aromatic carbocycles. The van der Waals surface area contributed by atoms with Crippen LogP contribution in [-0.2, 0) is 16.0 Å². The lowest BCUT2D eigenvalue weighted by Gasteiger charge is -2.09. The number of nitrogens with two attached hydrogens (primary N) is 1. The Balaban J connectivity index is 2.90. The summed E-state index contributed by atoms with van der Waals surface area (Å²) in [6, 6.07) is 2.95. The molecule has 1 atom stereocenters. The van der Waals surface area contributed by atoms with Crippen LogP contribution in [0.3, 0.4) is 0 Å². The van der Waals surface area contributed by atoms with Crippen LogP contribution in [0.5, 0.6) is 5.75 Å². The minimum Gasteiger partial charge on any atom is -0.502 e. The van der Waals surface area contributed by atoms with Crippen LogP contribution in [0.2, 0.25) is 0 Å². The molecule has 0 aliphatic rings. The van der Waals surface area contributed by atoms with Crippen LogP contribution in [0.1, 0.15) is 5.56 Å². The predicted octanol–water partition coefficient (Wildman–Crippen LogP) is 0.343. The molecule has 0 aliphatic heterocycles. The number of carbonyl (C=O) groups excluding carboxylic acids is 1. The lowest BCUT2D eigenvalue weighted by atomic mass is 10.1. The van der Waals surface area contributed by atoms with Crippen molar-refractivity contribution in [3.05, 3.63) is 33.9 Å². The number of hydrogen-bond donors (Lipinski definition) is 2. The minimum absolute atomic E-state index is 0.105. The van der Waals surface area contributed by atoms with E-state index in [2.05, 4.69) is 4.74 Å². The van der Waals surface area contributed by atoms with Gasteiger partial charge in [-0.25, -0.2) is 0 Å². The first-order chi connectivity index (χ1) is 7.95. The number of esters is 1. The number of phenolic OH excluding ortho intramolecular Hbond substituents is 1. The third-order valence-corrected chi connectivity index (χ3v) is 2.20. The van der Waals surface area contributed by atoms with Gasteiger partial charge in [0.15, 0.2) is 5.75 Å². The Hall–Kier alpha value is -2.15. The molecule has 0 bridgehead atoms. The lowest BCUT2D eigenvalue weighted by molar-refractivity contribution is -0.385. The van der Waals surface area contributed by atoms with Crippen molar-refractivity contribution < 1.29 is 19.6 Å². The summed E-state index contributed by atoms with van der Waals surface area (Å²) in [6.45, 7) is 0. The Morgan fingerprint density at radius 1 is 1.65 bits per heavy atom. The third kappa shape index (κ3) is 3.15. The van der Waals surface area contributed by atoms with Crippen LogP contribution in [0.4, 0.5) is 5.69 Å². The molecule has 0 aliphatic carbocycles. The highest BCUT2D eigenvalue weighted by molar-refractivity contribution is 5.75. The lowest BCUT2D eigenvalue weighted by Crippen LogP contribution is -2.33. The molecular formula is C10H12N2O5. The number of carbonyl (C=O) groups is 1. The molecule has 1 rings (SSSR count). The molecule has 0 fully saturated rings. The summed E-state index contributed by atoms with van der Waals surface area (Å²) in [6.07, 6.45) is 0.105. The minimum atomic E-state index is -0.885. The molecule has 0 aromatic heterocycles. The molecule has 1 aromatic rings. The van der Waals surface area contributed by atoms with Crippen molar-refractivity contribution in [2.75, 3.05) is 7.11 Å². The van der Waals surface area contributed by atoms with Gasteiger partial charge >= 0.3 is 11.7 Å². The summed E-state index contributed by atoms with van der Waals surface area (Å²) in [5.41, 5.74) is 5.58. The van der Waals surface area contributed by atoms with Crippen molar-refractivity contribution in [3.63, 3.8) is 0 Å². The standard InChI is InChI=1S/C10H12N2O5/c1-17-10(14)7(11)4-6-2-3-9(13)8(5-6)12(15)16/h2-3,5,7,13H,4,11H2,1H3/t7-/m1/s1. The highest BCUT2D eigenvalue weighted by atomic mass is 16.6. The van der Waals surface area contributed by atoms with Gasteiger partial charge < -0.3 is 15.6 Å². The number of phenols is 1. The van der Waals surface area contributed by atoms with Crippen LogP contribution in [0, 0.1) is 10.1 Å². The molecule has 0 saturated carbocycles. The maximum absolute atomic E-state index is 11.1. The van der Waals surface area contributed by atoms with Gasteiger partial charge in [0.2, 0.25) is 0 Å². The Bertz CT molecular complexity index is 446. The second kappa shape index (κ2) is 5.26. The van der Waals surface area contributed by atoms with E-state index in [0.29, 0.717) is 5.56 Å². The second-order valence-corrected chi connectivity index (χ2v) is 3.41. The predicted molar refractivity (Wildman–Crippen MR) is 58.5 cm³/mol. The number of nitro groups is 1. The number of rotatable bonds is 4. The van der Waals surface area contributed by atoms with Crippen molar-refractivity contribution in [2.24, 2.45) is 5.73 Å². The van der Waals surface area contributed by atoms with Crippen molar-refractivity contribution in [1.29, 1.82) is 0 Å². The third-order valence-electron chi connectivity index (χ3n) is 2.20. The van der Waals surface area contributed by atoms with Crippen LogP contribution in [0.15, 0.2) is 18.2 Å². The zero-order chi connectivity index (χ0) is 13.0. The molecule has 3 N–H and O–H groups in total.